The van der Waals surface area contributed by atoms with Crippen molar-refractivity contribution in [3.8, 4) is 0 Å². The Bertz CT molecular complexity index is 424. The molecule has 2 N–H and O–H groups in total. The van der Waals surface area contributed by atoms with Gasteiger partial charge in [-0.25, -0.2) is 4.39 Å². The Balaban J connectivity index is 2.60. The zero-order chi connectivity index (χ0) is 11.9. The van der Waals surface area contributed by atoms with Gasteiger partial charge in [0.1, 0.15) is 5.67 Å². The third kappa shape index (κ3) is 1.58. The van der Waals surface area contributed by atoms with Gasteiger partial charge < -0.3 is 5.73 Å². The fourth-order valence-corrected chi connectivity index (χ4v) is 2.39. The van der Waals surface area contributed by atoms with Crippen molar-refractivity contribution < 1.29 is 4.39 Å². The Labute approximate surface area is 96.1 Å². The molecule has 2 rings (SSSR count). The number of nitrogen functional groups attached to an aromatic ring is 1. The molecule has 1 aliphatic carbocycles. The Hall–Kier alpha value is -1.12. The summed E-state index contributed by atoms with van der Waals surface area (Å²) in [7, 11) is 0. The topological polar surface area (TPSA) is 38.9 Å². The van der Waals surface area contributed by atoms with Crippen LogP contribution in [0.1, 0.15) is 49.2 Å². The molecule has 0 bridgehead atoms. The second kappa shape index (κ2) is 3.72. The number of aromatic nitrogens is 1. The maximum absolute atomic E-state index is 14.3. The van der Waals surface area contributed by atoms with Crippen LogP contribution in [0.2, 0.25) is 0 Å². The van der Waals surface area contributed by atoms with Gasteiger partial charge in [0.15, 0.2) is 0 Å². The Morgan fingerprint density at radius 2 is 2.12 bits per heavy atom. The van der Waals surface area contributed by atoms with Crippen LogP contribution in [0.15, 0.2) is 0 Å². The summed E-state index contributed by atoms with van der Waals surface area (Å²) in [4.78, 5) is 4.50. The van der Waals surface area contributed by atoms with E-state index in [1.165, 1.54) is 0 Å². The van der Waals surface area contributed by atoms with Crippen LogP contribution in [0.4, 0.5) is 10.1 Å². The van der Waals surface area contributed by atoms with Crippen molar-refractivity contribution in [2.75, 3.05) is 5.73 Å². The highest BCUT2D eigenvalue weighted by Crippen LogP contribution is 2.36. The van der Waals surface area contributed by atoms with E-state index in [1.54, 1.807) is 6.92 Å². The molecule has 3 heteroatoms. The standard InChI is InChI=1S/C13H19FN2/c1-4-13(3,14)12-8(2)11(15)9-6-5-7-10(9)16-12/h4-7H2,1-3H3,(H2,15,16). The average Bonchev–Trinajstić information content (AvgIpc) is 2.71. The Morgan fingerprint density at radius 1 is 1.44 bits per heavy atom. The lowest BCUT2D eigenvalue weighted by atomic mass is 9.94. The molecule has 0 saturated heterocycles. The molecule has 0 saturated carbocycles. The first-order valence-corrected chi connectivity index (χ1v) is 5.94. The number of nitrogens with zero attached hydrogens (tertiary/aromatic N) is 1. The van der Waals surface area contributed by atoms with Gasteiger partial charge in [-0.2, -0.15) is 0 Å². The number of aryl methyl sites for hydroxylation is 1. The molecule has 88 valence electrons. The fraction of sp³-hybridized carbons (Fsp3) is 0.615. The van der Waals surface area contributed by atoms with Gasteiger partial charge in [0, 0.05) is 11.4 Å². The van der Waals surface area contributed by atoms with Crippen molar-refractivity contribution >= 4 is 5.69 Å². The molecule has 1 heterocycles. The van der Waals surface area contributed by atoms with Crippen molar-refractivity contribution in [1.82, 2.24) is 4.98 Å². The second-order valence-electron chi connectivity index (χ2n) is 4.83. The minimum atomic E-state index is -1.37. The van der Waals surface area contributed by atoms with Crippen LogP contribution >= 0.6 is 0 Å². The summed E-state index contributed by atoms with van der Waals surface area (Å²) >= 11 is 0. The summed E-state index contributed by atoms with van der Waals surface area (Å²) in [5.41, 5.74) is 8.99. The molecule has 0 aromatic carbocycles. The normalized spacial score (nSPS) is 18.2. The summed E-state index contributed by atoms with van der Waals surface area (Å²) in [5.74, 6) is 0. The van der Waals surface area contributed by atoms with Crippen LogP contribution in [-0.2, 0) is 18.5 Å². The Morgan fingerprint density at radius 3 is 2.75 bits per heavy atom. The summed E-state index contributed by atoms with van der Waals surface area (Å²) in [6.07, 6.45) is 3.45. The van der Waals surface area contributed by atoms with E-state index in [0.717, 1.165) is 41.8 Å². The smallest absolute Gasteiger partial charge is 0.150 e. The van der Waals surface area contributed by atoms with Gasteiger partial charge in [-0.05, 0) is 50.7 Å². The molecule has 1 aromatic rings. The van der Waals surface area contributed by atoms with E-state index >= 15 is 0 Å². The molecule has 1 unspecified atom stereocenters. The molecular weight excluding hydrogens is 203 g/mol. The highest BCUT2D eigenvalue weighted by atomic mass is 19.1. The number of hydrogen-bond donors (Lipinski definition) is 1. The third-order valence-electron chi connectivity index (χ3n) is 3.68. The van der Waals surface area contributed by atoms with Crippen molar-refractivity contribution in [2.45, 2.75) is 52.1 Å². The van der Waals surface area contributed by atoms with Crippen LogP contribution in [-0.4, -0.2) is 4.98 Å². The number of hydrogen-bond acceptors (Lipinski definition) is 2. The van der Waals surface area contributed by atoms with E-state index in [1.807, 2.05) is 13.8 Å². The van der Waals surface area contributed by atoms with E-state index in [9.17, 15) is 4.39 Å². The first kappa shape index (κ1) is 11.4. The van der Waals surface area contributed by atoms with Crippen molar-refractivity contribution in [2.24, 2.45) is 0 Å². The van der Waals surface area contributed by atoms with Gasteiger partial charge >= 0.3 is 0 Å². The van der Waals surface area contributed by atoms with Crippen LogP contribution in [0.5, 0.6) is 0 Å². The number of anilines is 1. The molecule has 1 aliphatic rings. The zero-order valence-electron chi connectivity index (χ0n) is 10.2. The van der Waals surface area contributed by atoms with Gasteiger partial charge in [0.2, 0.25) is 0 Å². The third-order valence-corrected chi connectivity index (χ3v) is 3.68. The first-order valence-electron chi connectivity index (χ1n) is 5.94. The molecule has 0 aliphatic heterocycles. The van der Waals surface area contributed by atoms with E-state index in [2.05, 4.69) is 4.98 Å². The molecule has 0 amide bonds. The minimum Gasteiger partial charge on any atom is -0.398 e. The number of halogens is 1. The monoisotopic (exact) mass is 222 g/mol. The molecule has 1 aromatic heterocycles. The zero-order valence-corrected chi connectivity index (χ0v) is 10.2. The molecule has 0 spiro atoms. The maximum atomic E-state index is 14.3. The van der Waals surface area contributed by atoms with Crippen LogP contribution < -0.4 is 5.73 Å². The largest absolute Gasteiger partial charge is 0.398 e. The molecule has 0 radical (unpaired) electrons. The highest BCUT2D eigenvalue weighted by molar-refractivity contribution is 5.58. The minimum absolute atomic E-state index is 0.430. The SMILES string of the molecule is CCC(C)(F)c1nc2c(c(N)c1C)CCC2. The molecule has 0 fully saturated rings. The van der Waals surface area contributed by atoms with E-state index in [4.69, 9.17) is 5.73 Å². The van der Waals surface area contributed by atoms with Crippen molar-refractivity contribution in [1.29, 1.82) is 0 Å². The van der Waals surface area contributed by atoms with Crippen LogP contribution in [0.25, 0.3) is 0 Å². The van der Waals surface area contributed by atoms with Gasteiger partial charge in [-0.1, -0.05) is 6.92 Å². The van der Waals surface area contributed by atoms with Crippen LogP contribution in [0, 0.1) is 6.92 Å². The van der Waals surface area contributed by atoms with Gasteiger partial charge in [-0.3, -0.25) is 4.98 Å². The van der Waals surface area contributed by atoms with Gasteiger partial charge in [-0.15, -0.1) is 0 Å². The molecule has 2 nitrogen and oxygen atoms in total. The Kier molecular flexibility index (Phi) is 2.64. The van der Waals surface area contributed by atoms with Gasteiger partial charge in [0.25, 0.3) is 0 Å². The van der Waals surface area contributed by atoms with Crippen LogP contribution in [0.3, 0.4) is 0 Å². The predicted octanol–water partition coefficient (Wildman–Crippen LogP) is 3.06. The summed E-state index contributed by atoms with van der Waals surface area (Å²) in [6.45, 7) is 5.30. The number of alkyl halides is 1. The summed E-state index contributed by atoms with van der Waals surface area (Å²) in [5, 5.41) is 0. The summed E-state index contributed by atoms with van der Waals surface area (Å²) in [6, 6.07) is 0. The number of fused-ring (bicyclic) bond motifs is 1. The lowest BCUT2D eigenvalue weighted by Gasteiger charge is -2.22. The van der Waals surface area contributed by atoms with Crippen molar-refractivity contribution in [3.05, 3.63) is 22.5 Å². The lowest BCUT2D eigenvalue weighted by molar-refractivity contribution is 0.177. The number of nitrogens with two attached hydrogens (primary N) is 1. The molecule has 1 atom stereocenters. The number of rotatable bonds is 2. The summed E-state index contributed by atoms with van der Waals surface area (Å²) < 4.78 is 14.3. The lowest BCUT2D eigenvalue weighted by Crippen LogP contribution is -2.20. The quantitative estimate of drug-likeness (QED) is 0.835. The highest BCUT2D eigenvalue weighted by Gasteiger charge is 2.30. The fourth-order valence-electron chi connectivity index (χ4n) is 2.39. The average molecular weight is 222 g/mol. The molecule has 16 heavy (non-hydrogen) atoms. The van der Waals surface area contributed by atoms with Gasteiger partial charge in [0.05, 0.1) is 5.69 Å². The maximum Gasteiger partial charge on any atom is 0.150 e. The second-order valence-corrected chi connectivity index (χ2v) is 4.83. The van der Waals surface area contributed by atoms with E-state index in [0.29, 0.717) is 12.1 Å². The predicted molar refractivity (Wildman–Crippen MR) is 64.2 cm³/mol. The number of pyridine rings is 1. The van der Waals surface area contributed by atoms with E-state index < -0.39 is 5.67 Å². The first-order chi connectivity index (χ1) is 7.47. The molecular formula is C13H19FN2. The van der Waals surface area contributed by atoms with E-state index in [-0.39, 0.29) is 0 Å². The van der Waals surface area contributed by atoms with Crippen molar-refractivity contribution in [3.63, 3.8) is 0 Å².